The molecule has 0 spiro atoms. The molecule has 0 aromatic heterocycles. The smallest absolute Gasteiger partial charge is 0.271 e. The summed E-state index contributed by atoms with van der Waals surface area (Å²) in [6, 6.07) is 23.2. The number of carbonyl (C=O) groups excluding carboxylic acids is 1. The second-order valence-electron chi connectivity index (χ2n) is 8.58. The number of benzene rings is 4. The minimum atomic E-state index is -0.447. The summed E-state index contributed by atoms with van der Waals surface area (Å²) in [7, 11) is 0. The van der Waals surface area contributed by atoms with Crippen LogP contribution in [0.2, 0.25) is 10.0 Å². The molecule has 1 atom stereocenters. The zero-order valence-corrected chi connectivity index (χ0v) is 21.9. The molecule has 196 valence electrons. The standard InChI is InChI=1S/C29H27Cl2N3O4/c30-22-9-5-19(6-10-22)15-23(18-35)32-13-14-38-28-12-8-21(24-3-1-2-4-25(24)28)17-33-34-29(37)20-7-11-27(36)26(31)16-20/h1-12,16-17,23,32,35-36H,13-15,18H2,(H,34,37). The zero-order valence-electron chi connectivity index (χ0n) is 20.4. The number of halogens is 2. The Hall–Kier alpha value is -3.62. The van der Waals surface area contributed by atoms with Crippen molar-refractivity contribution in [3.63, 3.8) is 0 Å². The number of carbonyl (C=O) groups is 1. The number of fused-ring (bicyclic) bond motifs is 1. The third kappa shape index (κ3) is 7.24. The largest absolute Gasteiger partial charge is 0.506 e. The maximum atomic E-state index is 12.3. The highest BCUT2D eigenvalue weighted by atomic mass is 35.5. The van der Waals surface area contributed by atoms with Crippen LogP contribution >= 0.6 is 23.2 Å². The average molecular weight is 552 g/mol. The molecule has 4 rings (SSSR count). The first-order valence-electron chi connectivity index (χ1n) is 12.0. The maximum Gasteiger partial charge on any atom is 0.271 e. The predicted octanol–water partition coefficient (Wildman–Crippen LogP) is 5.19. The minimum absolute atomic E-state index is 0.00983. The summed E-state index contributed by atoms with van der Waals surface area (Å²) in [6.07, 6.45) is 2.25. The number of aliphatic hydroxyl groups is 1. The van der Waals surface area contributed by atoms with Gasteiger partial charge in [0.25, 0.3) is 5.91 Å². The molecule has 0 heterocycles. The number of phenols is 1. The number of aromatic hydroxyl groups is 1. The van der Waals surface area contributed by atoms with Crippen molar-refractivity contribution in [1.82, 2.24) is 10.7 Å². The molecule has 0 saturated heterocycles. The average Bonchev–Trinajstić information content (AvgIpc) is 2.93. The van der Waals surface area contributed by atoms with E-state index in [1.165, 1.54) is 18.2 Å². The van der Waals surface area contributed by atoms with E-state index in [1.807, 2.05) is 60.7 Å². The van der Waals surface area contributed by atoms with Gasteiger partial charge >= 0.3 is 0 Å². The van der Waals surface area contributed by atoms with Gasteiger partial charge in [0.2, 0.25) is 0 Å². The number of nitrogens with one attached hydrogen (secondary N) is 2. The van der Waals surface area contributed by atoms with E-state index in [0.29, 0.717) is 24.6 Å². The second kappa shape index (κ2) is 13.3. The van der Waals surface area contributed by atoms with Gasteiger partial charge in [-0.3, -0.25) is 4.79 Å². The predicted molar refractivity (Wildman–Crippen MR) is 152 cm³/mol. The van der Waals surface area contributed by atoms with E-state index in [1.54, 1.807) is 6.21 Å². The summed E-state index contributed by atoms with van der Waals surface area (Å²) in [4.78, 5) is 12.3. The summed E-state index contributed by atoms with van der Waals surface area (Å²) in [5.41, 5.74) is 4.65. The lowest BCUT2D eigenvalue weighted by atomic mass is 10.0. The molecule has 7 nitrogen and oxygen atoms in total. The molecule has 1 unspecified atom stereocenters. The van der Waals surface area contributed by atoms with E-state index in [-0.39, 0.29) is 29.0 Å². The fraction of sp³-hybridized carbons (Fsp3) is 0.172. The number of nitrogens with zero attached hydrogens (tertiary/aromatic N) is 1. The molecule has 38 heavy (non-hydrogen) atoms. The SMILES string of the molecule is O=C(NN=Cc1ccc(OCCNC(CO)Cc2ccc(Cl)cc2)c2ccccc12)c1ccc(O)c(Cl)c1. The van der Waals surface area contributed by atoms with Gasteiger partial charge in [0.05, 0.1) is 17.8 Å². The van der Waals surface area contributed by atoms with Gasteiger partial charge in [0, 0.05) is 34.1 Å². The second-order valence-corrected chi connectivity index (χ2v) is 9.42. The lowest BCUT2D eigenvalue weighted by Crippen LogP contribution is -2.37. The molecule has 0 bridgehead atoms. The number of aliphatic hydroxyl groups excluding tert-OH is 1. The Bertz CT molecular complexity index is 1430. The summed E-state index contributed by atoms with van der Waals surface area (Å²) in [5, 5.41) is 29.3. The van der Waals surface area contributed by atoms with Crippen molar-refractivity contribution in [3.8, 4) is 11.5 Å². The molecular formula is C29H27Cl2N3O4. The first kappa shape index (κ1) is 27.4. The Labute approximate surface area is 230 Å². The zero-order chi connectivity index (χ0) is 26.9. The molecule has 0 radical (unpaired) electrons. The normalized spacial score (nSPS) is 12.1. The Kier molecular flexibility index (Phi) is 9.56. The topological polar surface area (TPSA) is 103 Å². The minimum Gasteiger partial charge on any atom is -0.506 e. The molecule has 0 aliphatic heterocycles. The van der Waals surface area contributed by atoms with Crippen LogP contribution in [0, 0.1) is 0 Å². The Morgan fingerprint density at radius 1 is 1.00 bits per heavy atom. The van der Waals surface area contributed by atoms with E-state index >= 15 is 0 Å². The van der Waals surface area contributed by atoms with E-state index in [4.69, 9.17) is 27.9 Å². The van der Waals surface area contributed by atoms with Gasteiger partial charge in [-0.25, -0.2) is 5.43 Å². The van der Waals surface area contributed by atoms with Gasteiger partial charge in [-0.1, -0.05) is 59.6 Å². The van der Waals surface area contributed by atoms with Crippen LogP contribution in [0.5, 0.6) is 11.5 Å². The third-order valence-electron chi connectivity index (χ3n) is 5.91. The van der Waals surface area contributed by atoms with Gasteiger partial charge in [-0.15, -0.1) is 0 Å². The summed E-state index contributed by atoms with van der Waals surface area (Å²) in [6.45, 7) is 0.985. The molecule has 4 N–H and O–H groups in total. The molecule has 9 heteroatoms. The van der Waals surface area contributed by atoms with Crippen molar-refractivity contribution >= 4 is 46.1 Å². The number of hydrogen-bond donors (Lipinski definition) is 4. The van der Waals surface area contributed by atoms with Gasteiger partial charge in [-0.2, -0.15) is 5.10 Å². The van der Waals surface area contributed by atoms with E-state index in [0.717, 1.165) is 27.6 Å². The number of amides is 1. The molecule has 4 aromatic carbocycles. The first-order valence-corrected chi connectivity index (χ1v) is 12.8. The van der Waals surface area contributed by atoms with Crippen LogP contribution in [0.1, 0.15) is 21.5 Å². The van der Waals surface area contributed by atoms with Crippen LogP contribution in [-0.4, -0.2) is 48.1 Å². The molecule has 0 aliphatic rings. The van der Waals surface area contributed by atoms with Crippen molar-refractivity contribution in [2.45, 2.75) is 12.5 Å². The van der Waals surface area contributed by atoms with Crippen molar-refractivity contribution in [3.05, 3.63) is 106 Å². The number of hydrogen-bond acceptors (Lipinski definition) is 6. The summed E-state index contributed by atoms with van der Waals surface area (Å²) >= 11 is 11.8. The number of phenolic OH excluding ortho intramolecular Hbond substituents is 1. The van der Waals surface area contributed by atoms with Gasteiger partial charge in [-0.05, 0) is 59.8 Å². The fourth-order valence-electron chi connectivity index (χ4n) is 3.94. The molecular weight excluding hydrogens is 525 g/mol. The molecule has 0 aliphatic carbocycles. The van der Waals surface area contributed by atoms with Gasteiger partial charge in [0.15, 0.2) is 0 Å². The van der Waals surface area contributed by atoms with Crippen LogP contribution in [0.4, 0.5) is 0 Å². The van der Waals surface area contributed by atoms with Crippen LogP contribution in [-0.2, 0) is 6.42 Å². The van der Waals surface area contributed by atoms with Crippen LogP contribution in [0.3, 0.4) is 0 Å². The number of hydrazone groups is 1. The summed E-state index contributed by atoms with van der Waals surface area (Å²) < 4.78 is 6.05. The summed E-state index contributed by atoms with van der Waals surface area (Å²) in [5.74, 6) is 0.181. The number of rotatable bonds is 11. The van der Waals surface area contributed by atoms with E-state index in [2.05, 4.69) is 15.8 Å². The highest BCUT2D eigenvalue weighted by molar-refractivity contribution is 6.32. The molecule has 1 amide bonds. The molecule has 0 fully saturated rings. The van der Waals surface area contributed by atoms with Crippen molar-refractivity contribution in [2.24, 2.45) is 5.10 Å². The van der Waals surface area contributed by atoms with Gasteiger partial charge < -0.3 is 20.3 Å². The number of ether oxygens (including phenoxy) is 1. The lowest BCUT2D eigenvalue weighted by Gasteiger charge is -2.17. The van der Waals surface area contributed by atoms with Crippen molar-refractivity contribution in [1.29, 1.82) is 0 Å². The Balaban J connectivity index is 1.35. The van der Waals surface area contributed by atoms with Crippen LogP contribution < -0.4 is 15.5 Å². The highest BCUT2D eigenvalue weighted by Crippen LogP contribution is 2.28. The van der Waals surface area contributed by atoms with Crippen LogP contribution in [0.15, 0.2) is 84.0 Å². The molecule has 4 aromatic rings. The maximum absolute atomic E-state index is 12.3. The van der Waals surface area contributed by atoms with E-state index < -0.39 is 5.91 Å². The Morgan fingerprint density at radius 2 is 1.76 bits per heavy atom. The van der Waals surface area contributed by atoms with Crippen LogP contribution in [0.25, 0.3) is 10.8 Å². The molecule has 0 saturated carbocycles. The third-order valence-corrected chi connectivity index (χ3v) is 6.46. The fourth-order valence-corrected chi connectivity index (χ4v) is 4.24. The monoisotopic (exact) mass is 551 g/mol. The quantitative estimate of drug-likeness (QED) is 0.117. The van der Waals surface area contributed by atoms with Crippen molar-refractivity contribution in [2.75, 3.05) is 19.8 Å². The Morgan fingerprint density at radius 3 is 2.50 bits per heavy atom. The lowest BCUT2D eigenvalue weighted by molar-refractivity contribution is 0.0955. The van der Waals surface area contributed by atoms with Gasteiger partial charge in [0.1, 0.15) is 18.1 Å². The van der Waals surface area contributed by atoms with E-state index in [9.17, 15) is 15.0 Å². The van der Waals surface area contributed by atoms with Crippen molar-refractivity contribution < 1.29 is 19.7 Å². The highest BCUT2D eigenvalue weighted by Gasteiger charge is 2.10. The first-order chi connectivity index (χ1) is 18.4.